The van der Waals surface area contributed by atoms with E-state index in [1.165, 1.54) is 4.90 Å². The highest BCUT2D eigenvalue weighted by molar-refractivity contribution is 5.91. The van der Waals surface area contributed by atoms with Gasteiger partial charge in [0.15, 0.2) is 0 Å². The van der Waals surface area contributed by atoms with Crippen molar-refractivity contribution >= 4 is 17.9 Å². The van der Waals surface area contributed by atoms with Crippen LogP contribution in [0.25, 0.3) is 0 Å². The van der Waals surface area contributed by atoms with Gasteiger partial charge in [0.05, 0.1) is 0 Å². The molecular weight excluding hydrogens is 382 g/mol. The van der Waals surface area contributed by atoms with E-state index >= 15 is 0 Å². The normalized spacial score (nSPS) is 16.7. The molecule has 1 aliphatic rings. The van der Waals surface area contributed by atoms with Crippen LogP contribution in [0.4, 0.5) is 4.79 Å². The number of nitrogens with two attached hydrogens (primary N) is 1. The summed E-state index contributed by atoms with van der Waals surface area (Å²) in [5, 5.41) is 2.72. The maximum absolute atomic E-state index is 12.8. The van der Waals surface area contributed by atoms with Crippen molar-refractivity contribution in [2.75, 3.05) is 6.54 Å². The lowest BCUT2D eigenvalue weighted by Crippen LogP contribution is -2.53. The fraction of sp³-hybridized carbons (Fsp3) is 0.348. The molecule has 158 valence electrons. The Morgan fingerprint density at radius 3 is 2.57 bits per heavy atom. The largest absolute Gasteiger partial charge is 0.445 e. The number of hydrogen-bond donors (Lipinski definition) is 2. The maximum Gasteiger partial charge on any atom is 0.410 e. The summed E-state index contributed by atoms with van der Waals surface area (Å²) in [7, 11) is 0. The molecule has 7 nitrogen and oxygen atoms in total. The number of primary amides is 1. The molecule has 1 fully saturated rings. The molecule has 3 amide bonds. The lowest BCUT2D eigenvalue weighted by Gasteiger charge is -2.25. The Hall–Kier alpha value is -3.35. The fourth-order valence-corrected chi connectivity index (χ4v) is 3.63. The van der Waals surface area contributed by atoms with E-state index in [2.05, 4.69) is 5.32 Å². The molecule has 3 rings (SSSR count). The van der Waals surface area contributed by atoms with Gasteiger partial charge >= 0.3 is 6.09 Å². The molecule has 2 aromatic carbocycles. The first-order chi connectivity index (χ1) is 14.4. The summed E-state index contributed by atoms with van der Waals surface area (Å²) in [5.74, 6) is -0.998. The highest BCUT2D eigenvalue weighted by atomic mass is 16.6. The third-order valence-electron chi connectivity index (χ3n) is 5.18. The number of ether oxygens (including phenoxy) is 1. The molecule has 1 saturated heterocycles. The summed E-state index contributed by atoms with van der Waals surface area (Å²) in [5.41, 5.74) is 8.36. The van der Waals surface area contributed by atoms with E-state index in [1.54, 1.807) is 0 Å². The van der Waals surface area contributed by atoms with Gasteiger partial charge in [0.25, 0.3) is 0 Å². The monoisotopic (exact) mass is 409 g/mol. The molecule has 1 aliphatic heterocycles. The molecule has 30 heavy (non-hydrogen) atoms. The minimum absolute atomic E-state index is 0.141. The third kappa shape index (κ3) is 5.59. The summed E-state index contributed by atoms with van der Waals surface area (Å²) < 4.78 is 5.37. The van der Waals surface area contributed by atoms with Gasteiger partial charge in [0, 0.05) is 13.0 Å². The molecule has 0 bridgehead atoms. The quantitative estimate of drug-likeness (QED) is 0.733. The molecule has 0 unspecified atom stereocenters. The summed E-state index contributed by atoms with van der Waals surface area (Å²) in [4.78, 5) is 38.7. The number of rotatable bonds is 7. The van der Waals surface area contributed by atoms with Crippen LogP contribution in [0.2, 0.25) is 0 Å². The van der Waals surface area contributed by atoms with Crippen LogP contribution < -0.4 is 11.1 Å². The molecule has 0 radical (unpaired) electrons. The van der Waals surface area contributed by atoms with Crippen molar-refractivity contribution in [1.29, 1.82) is 0 Å². The van der Waals surface area contributed by atoms with Crippen LogP contribution in [0.1, 0.15) is 29.5 Å². The SMILES string of the molecule is Cc1cccc(C[C@H](NC(=O)[C@H]2CCCN2C(=O)OCc2ccccc2)C(N)=O)c1. The van der Waals surface area contributed by atoms with Gasteiger partial charge < -0.3 is 15.8 Å². The van der Waals surface area contributed by atoms with Gasteiger partial charge in [-0.2, -0.15) is 0 Å². The van der Waals surface area contributed by atoms with Gasteiger partial charge in [-0.3, -0.25) is 14.5 Å². The molecule has 2 atom stereocenters. The van der Waals surface area contributed by atoms with Gasteiger partial charge in [0.2, 0.25) is 11.8 Å². The highest BCUT2D eigenvalue weighted by Gasteiger charge is 2.36. The predicted octanol–water partition coefficient (Wildman–Crippen LogP) is 2.31. The number of carbonyl (C=O) groups excluding carboxylic acids is 3. The van der Waals surface area contributed by atoms with Crippen LogP contribution in [0, 0.1) is 6.92 Å². The van der Waals surface area contributed by atoms with Crippen LogP contribution in [0.15, 0.2) is 54.6 Å². The van der Waals surface area contributed by atoms with Gasteiger partial charge in [-0.05, 0) is 30.9 Å². The van der Waals surface area contributed by atoms with E-state index in [1.807, 2.05) is 61.5 Å². The number of aryl methyl sites for hydroxylation is 1. The van der Waals surface area contributed by atoms with Crippen LogP contribution in [-0.2, 0) is 27.4 Å². The Bertz CT molecular complexity index is 900. The van der Waals surface area contributed by atoms with E-state index in [9.17, 15) is 14.4 Å². The second kappa shape index (κ2) is 9.91. The van der Waals surface area contributed by atoms with E-state index in [0.717, 1.165) is 16.7 Å². The van der Waals surface area contributed by atoms with Crippen molar-refractivity contribution in [2.24, 2.45) is 5.73 Å². The Labute approximate surface area is 176 Å². The van der Waals surface area contributed by atoms with Crippen LogP contribution in [0.5, 0.6) is 0 Å². The lowest BCUT2D eigenvalue weighted by molar-refractivity contribution is -0.130. The number of benzene rings is 2. The molecule has 2 aromatic rings. The van der Waals surface area contributed by atoms with Gasteiger partial charge in [-0.15, -0.1) is 0 Å². The van der Waals surface area contributed by atoms with E-state index in [-0.39, 0.29) is 12.5 Å². The van der Waals surface area contributed by atoms with E-state index in [0.29, 0.717) is 25.8 Å². The molecule has 0 aromatic heterocycles. The minimum atomic E-state index is -0.845. The van der Waals surface area contributed by atoms with Crippen molar-refractivity contribution in [3.8, 4) is 0 Å². The molecule has 3 N–H and O–H groups in total. The number of nitrogens with zero attached hydrogens (tertiary/aromatic N) is 1. The Balaban J connectivity index is 1.60. The first-order valence-corrected chi connectivity index (χ1v) is 10.1. The molecule has 0 aliphatic carbocycles. The average molecular weight is 409 g/mol. The molecule has 0 spiro atoms. The zero-order valence-electron chi connectivity index (χ0n) is 17.0. The molecule has 7 heteroatoms. The predicted molar refractivity (Wildman–Crippen MR) is 112 cm³/mol. The fourth-order valence-electron chi connectivity index (χ4n) is 3.63. The third-order valence-corrected chi connectivity index (χ3v) is 5.18. The Morgan fingerprint density at radius 2 is 1.87 bits per heavy atom. The highest BCUT2D eigenvalue weighted by Crippen LogP contribution is 2.19. The van der Waals surface area contributed by atoms with Crippen molar-refractivity contribution in [1.82, 2.24) is 10.2 Å². The van der Waals surface area contributed by atoms with Crippen LogP contribution >= 0.6 is 0 Å². The van der Waals surface area contributed by atoms with Crippen LogP contribution in [0.3, 0.4) is 0 Å². The van der Waals surface area contributed by atoms with E-state index in [4.69, 9.17) is 10.5 Å². The van der Waals surface area contributed by atoms with Crippen molar-refractivity contribution < 1.29 is 19.1 Å². The summed E-state index contributed by atoms with van der Waals surface area (Å²) in [6.07, 6.45) is 0.971. The van der Waals surface area contributed by atoms with Crippen molar-refractivity contribution in [2.45, 2.75) is 44.9 Å². The zero-order chi connectivity index (χ0) is 21.5. The Morgan fingerprint density at radius 1 is 1.13 bits per heavy atom. The Kier molecular flexibility index (Phi) is 7.06. The zero-order valence-corrected chi connectivity index (χ0v) is 17.0. The topological polar surface area (TPSA) is 102 Å². The molecule has 1 heterocycles. The summed E-state index contributed by atoms with van der Waals surface area (Å²) >= 11 is 0. The van der Waals surface area contributed by atoms with Gasteiger partial charge in [-0.1, -0.05) is 60.2 Å². The average Bonchev–Trinajstić information content (AvgIpc) is 3.22. The van der Waals surface area contributed by atoms with Crippen molar-refractivity contribution in [3.63, 3.8) is 0 Å². The molecule has 0 saturated carbocycles. The summed E-state index contributed by atoms with van der Waals surface area (Å²) in [6, 6.07) is 15.5. The van der Waals surface area contributed by atoms with E-state index < -0.39 is 24.1 Å². The number of nitrogens with one attached hydrogen (secondary N) is 1. The first-order valence-electron chi connectivity index (χ1n) is 10.1. The smallest absolute Gasteiger partial charge is 0.410 e. The number of likely N-dealkylation sites (tertiary alicyclic amines) is 1. The maximum atomic E-state index is 12.8. The standard InChI is InChI=1S/C23H27N3O4/c1-16-7-5-10-18(13-16)14-19(21(24)27)25-22(28)20-11-6-12-26(20)23(29)30-15-17-8-3-2-4-9-17/h2-5,7-10,13,19-20H,6,11-12,14-15H2,1H3,(H2,24,27)(H,25,28)/t19-,20+/m0/s1. The second-order valence-electron chi connectivity index (χ2n) is 7.55. The number of carbonyl (C=O) groups is 3. The number of amides is 3. The van der Waals surface area contributed by atoms with Gasteiger partial charge in [-0.25, -0.2) is 4.79 Å². The minimum Gasteiger partial charge on any atom is -0.445 e. The second-order valence-corrected chi connectivity index (χ2v) is 7.55. The number of hydrogen-bond acceptors (Lipinski definition) is 4. The van der Waals surface area contributed by atoms with Crippen molar-refractivity contribution in [3.05, 3.63) is 71.3 Å². The molecular formula is C23H27N3O4. The van der Waals surface area contributed by atoms with Gasteiger partial charge in [0.1, 0.15) is 18.7 Å². The summed E-state index contributed by atoms with van der Waals surface area (Å²) in [6.45, 7) is 2.53. The van der Waals surface area contributed by atoms with Crippen LogP contribution in [-0.4, -0.2) is 41.4 Å². The lowest BCUT2D eigenvalue weighted by atomic mass is 10.0. The first kappa shape index (κ1) is 21.4.